The standard InChI is InChI=1S/C30H22BrClN4O3S/c1-3-35-22-14-11-18(31)15-21(22)24(28(35)38)26-29(39)36-25(17-9-12-19(32)13-10-17)23(16(2)33-30(36)40-26)27(37)34-20-7-5-4-6-8-20/h4-15,25H,3H2,1-2H3,(H,34,37)/b26-24+/t25-/m1/s1. The molecule has 0 spiro atoms. The fourth-order valence-electron chi connectivity index (χ4n) is 5.18. The van der Waals surface area contributed by atoms with E-state index in [2.05, 4.69) is 21.2 Å². The van der Waals surface area contributed by atoms with Crippen LogP contribution in [-0.2, 0) is 9.59 Å². The Kier molecular flexibility index (Phi) is 6.82. The Bertz CT molecular complexity index is 1910. The van der Waals surface area contributed by atoms with Crippen molar-refractivity contribution >= 4 is 67.6 Å². The number of carbonyl (C=O) groups is 2. The van der Waals surface area contributed by atoms with E-state index in [1.54, 1.807) is 48.2 Å². The average molecular weight is 634 g/mol. The normalized spacial score (nSPS) is 17.4. The summed E-state index contributed by atoms with van der Waals surface area (Å²) in [5.41, 5.74) is 3.55. The van der Waals surface area contributed by atoms with Crippen LogP contribution in [0.2, 0.25) is 5.02 Å². The Balaban J connectivity index is 1.60. The van der Waals surface area contributed by atoms with Crippen LogP contribution in [0.15, 0.2) is 98.3 Å². The molecular formula is C30H22BrClN4O3S. The minimum atomic E-state index is -0.771. The summed E-state index contributed by atoms with van der Waals surface area (Å²) < 4.78 is 2.61. The van der Waals surface area contributed by atoms with Crippen molar-refractivity contribution in [2.75, 3.05) is 16.8 Å². The average Bonchev–Trinajstić information content (AvgIpc) is 3.40. The van der Waals surface area contributed by atoms with Crippen LogP contribution in [0, 0.1) is 0 Å². The lowest BCUT2D eigenvalue weighted by atomic mass is 9.95. The van der Waals surface area contributed by atoms with Crippen LogP contribution < -0.4 is 25.1 Å². The van der Waals surface area contributed by atoms with Gasteiger partial charge in [0.1, 0.15) is 4.53 Å². The molecule has 1 aromatic heterocycles. The van der Waals surface area contributed by atoms with E-state index in [0.717, 1.165) is 21.5 Å². The number of fused-ring (bicyclic) bond motifs is 2. The zero-order valence-corrected chi connectivity index (χ0v) is 24.6. The SMILES string of the molecule is CCN1C(=O)/C(=c2/sc3n(c2=O)[C@H](c2ccc(Cl)cc2)C(C(=O)Nc2ccccc2)=C(C)N=3)c2cc(Br)ccc21. The fourth-order valence-corrected chi connectivity index (χ4v) is 6.80. The van der Waals surface area contributed by atoms with Crippen molar-refractivity contribution in [3.05, 3.63) is 124 Å². The second kappa shape index (κ2) is 10.3. The van der Waals surface area contributed by atoms with Gasteiger partial charge in [-0.3, -0.25) is 19.0 Å². The molecule has 2 amide bonds. The van der Waals surface area contributed by atoms with Crippen LogP contribution in [-0.4, -0.2) is 22.9 Å². The fraction of sp³-hybridized carbons (Fsp3) is 0.133. The zero-order valence-electron chi connectivity index (χ0n) is 21.4. The Hall–Kier alpha value is -3.79. The first-order valence-corrected chi connectivity index (χ1v) is 14.6. The minimum absolute atomic E-state index is 0.235. The number of thiazole rings is 1. The van der Waals surface area contributed by atoms with E-state index in [0.29, 0.717) is 50.0 Å². The number of aromatic nitrogens is 1. The van der Waals surface area contributed by atoms with Gasteiger partial charge < -0.3 is 10.2 Å². The molecule has 200 valence electrons. The second-order valence-electron chi connectivity index (χ2n) is 9.36. The minimum Gasteiger partial charge on any atom is -0.322 e. The van der Waals surface area contributed by atoms with E-state index in [9.17, 15) is 14.4 Å². The van der Waals surface area contributed by atoms with Crippen molar-refractivity contribution in [1.82, 2.24) is 4.57 Å². The van der Waals surface area contributed by atoms with Gasteiger partial charge in [-0.2, -0.15) is 0 Å². The van der Waals surface area contributed by atoms with Crippen molar-refractivity contribution in [3.8, 4) is 0 Å². The molecular weight excluding hydrogens is 612 g/mol. The van der Waals surface area contributed by atoms with Crippen molar-refractivity contribution in [1.29, 1.82) is 0 Å². The molecule has 0 fully saturated rings. The summed E-state index contributed by atoms with van der Waals surface area (Å²) in [6.45, 7) is 4.12. The summed E-state index contributed by atoms with van der Waals surface area (Å²) in [6, 6.07) is 21.0. The van der Waals surface area contributed by atoms with Crippen LogP contribution in [0.5, 0.6) is 0 Å². The Morgan fingerprint density at radius 1 is 1.07 bits per heavy atom. The lowest BCUT2D eigenvalue weighted by Gasteiger charge is -2.25. The number of carbonyl (C=O) groups excluding carboxylic acids is 2. The maximum Gasteiger partial charge on any atom is 0.271 e. The highest BCUT2D eigenvalue weighted by Crippen LogP contribution is 2.37. The van der Waals surface area contributed by atoms with Crippen LogP contribution >= 0.6 is 38.9 Å². The maximum absolute atomic E-state index is 14.2. The number of rotatable bonds is 4. The van der Waals surface area contributed by atoms with E-state index in [1.807, 2.05) is 43.3 Å². The molecule has 0 aliphatic carbocycles. The molecule has 4 aromatic rings. The molecule has 10 heteroatoms. The van der Waals surface area contributed by atoms with Gasteiger partial charge in [0.15, 0.2) is 4.80 Å². The van der Waals surface area contributed by atoms with Gasteiger partial charge in [0.05, 0.1) is 28.6 Å². The monoisotopic (exact) mass is 632 g/mol. The predicted octanol–water partition coefficient (Wildman–Crippen LogP) is 5.03. The summed E-state index contributed by atoms with van der Waals surface area (Å²) in [5, 5.41) is 3.47. The van der Waals surface area contributed by atoms with E-state index in [4.69, 9.17) is 16.6 Å². The van der Waals surface area contributed by atoms with Crippen LogP contribution in [0.25, 0.3) is 5.57 Å². The number of anilines is 2. The quantitative estimate of drug-likeness (QED) is 0.343. The third kappa shape index (κ3) is 4.34. The number of halogens is 2. The molecule has 2 aliphatic heterocycles. The molecule has 1 atom stereocenters. The van der Waals surface area contributed by atoms with E-state index in [-0.39, 0.29) is 21.9 Å². The van der Waals surface area contributed by atoms with E-state index >= 15 is 0 Å². The summed E-state index contributed by atoms with van der Waals surface area (Å²) in [5.74, 6) is -0.601. The van der Waals surface area contributed by atoms with Crippen molar-refractivity contribution in [2.24, 2.45) is 4.99 Å². The molecule has 0 radical (unpaired) electrons. The lowest BCUT2D eigenvalue weighted by Crippen LogP contribution is -2.41. The summed E-state index contributed by atoms with van der Waals surface area (Å²) >= 11 is 10.8. The van der Waals surface area contributed by atoms with Gasteiger partial charge in [-0.15, -0.1) is 0 Å². The maximum atomic E-state index is 14.2. The van der Waals surface area contributed by atoms with Gasteiger partial charge in [0.2, 0.25) is 0 Å². The Morgan fingerprint density at radius 3 is 2.50 bits per heavy atom. The van der Waals surface area contributed by atoms with Gasteiger partial charge in [0.25, 0.3) is 17.4 Å². The first kappa shape index (κ1) is 26.4. The van der Waals surface area contributed by atoms with Crippen molar-refractivity contribution in [3.63, 3.8) is 0 Å². The lowest BCUT2D eigenvalue weighted by molar-refractivity contribution is -0.114. The highest BCUT2D eigenvalue weighted by Gasteiger charge is 2.36. The molecule has 2 aliphatic rings. The number of nitrogens with zero attached hydrogens (tertiary/aromatic N) is 3. The first-order chi connectivity index (χ1) is 19.3. The number of allylic oxidation sites excluding steroid dienone is 1. The molecule has 3 heterocycles. The molecule has 3 aromatic carbocycles. The van der Waals surface area contributed by atoms with Gasteiger partial charge >= 0.3 is 0 Å². The predicted molar refractivity (Wildman–Crippen MR) is 161 cm³/mol. The molecule has 0 saturated carbocycles. The third-order valence-electron chi connectivity index (χ3n) is 6.98. The van der Waals surface area contributed by atoms with Gasteiger partial charge in [-0.25, -0.2) is 4.99 Å². The number of hydrogen-bond donors (Lipinski definition) is 1. The Labute approximate surface area is 246 Å². The summed E-state index contributed by atoms with van der Waals surface area (Å²) in [6.07, 6.45) is 0. The summed E-state index contributed by atoms with van der Waals surface area (Å²) in [4.78, 5) is 48.4. The van der Waals surface area contributed by atoms with Crippen LogP contribution in [0.3, 0.4) is 0 Å². The number of benzene rings is 3. The zero-order chi connectivity index (χ0) is 28.1. The van der Waals surface area contributed by atoms with Gasteiger partial charge in [0, 0.05) is 27.3 Å². The smallest absolute Gasteiger partial charge is 0.271 e. The molecule has 0 bridgehead atoms. The topological polar surface area (TPSA) is 83.8 Å². The van der Waals surface area contributed by atoms with Gasteiger partial charge in [-0.05, 0) is 61.9 Å². The number of amides is 2. The number of likely N-dealkylation sites (N-methyl/N-ethyl adjacent to an activating group) is 1. The largest absolute Gasteiger partial charge is 0.322 e. The molecule has 6 rings (SSSR count). The molecule has 40 heavy (non-hydrogen) atoms. The van der Waals surface area contributed by atoms with Crippen LogP contribution in [0.1, 0.15) is 31.0 Å². The number of para-hydroxylation sites is 1. The highest BCUT2D eigenvalue weighted by molar-refractivity contribution is 9.10. The van der Waals surface area contributed by atoms with Gasteiger partial charge in [-0.1, -0.05) is 69.2 Å². The second-order valence-corrected chi connectivity index (χ2v) is 11.7. The molecule has 0 unspecified atom stereocenters. The molecule has 7 nitrogen and oxygen atoms in total. The van der Waals surface area contributed by atoms with Crippen molar-refractivity contribution < 1.29 is 9.59 Å². The summed E-state index contributed by atoms with van der Waals surface area (Å²) in [7, 11) is 0. The Morgan fingerprint density at radius 2 is 1.80 bits per heavy atom. The highest BCUT2D eigenvalue weighted by atomic mass is 79.9. The van der Waals surface area contributed by atoms with E-state index < -0.39 is 6.04 Å². The van der Waals surface area contributed by atoms with E-state index in [1.165, 1.54) is 4.57 Å². The van der Waals surface area contributed by atoms with Crippen molar-refractivity contribution in [2.45, 2.75) is 19.9 Å². The number of hydrogen-bond acceptors (Lipinski definition) is 5. The molecule has 0 saturated heterocycles. The van der Waals surface area contributed by atoms with Crippen LogP contribution in [0.4, 0.5) is 11.4 Å². The number of nitrogens with one attached hydrogen (secondary N) is 1. The first-order valence-electron chi connectivity index (χ1n) is 12.6. The molecule has 1 N–H and O–H groups in total. The third-order valence-corrected chi connectivity index (χ3v) is 8.78.